The molecule has 0 radical (unpaired) electrons. The molecule has 7 heteroatoms. The van der Waals surface area contributed by atoms with Crippen LogP contribution in [0.15, 0.2) is 42.5 Å². The van der Waals surface area contributed by atoms with Gasteiger partial charge in [-0.25, -0.2) is 4.79 Å². The first-order chi connectivity index (χ1) is 11.0. The van der Waals surface area contributed by atoms with Gasteiger partial charge in [0.05, 0.1) is 22.1 Å². The lowest BCUT2D eigenvalue weighted by Crippen LogP contribution is -2.10. The van der Waals surface area contributed by atoms with Crippen LogP contribution < -0.4 is 9.47 Å². The zero-order valence-electron chi connectivity index (χ0n) is 12.3. The summed E-state index contributed by atoms with van der Waals surface area (Å²) in [5.74, 6) is -0.00134. The fraction of sp³-hybridized carbons (Fsp3) is 0.188. The highest BCUT2D eigenvalue weighted by Gasteiger charge is 2.18. The van der Waals surface area contributed by atoms with Gasteiger partial charge in [-0.15, -0.1) is 0 Å². The molecular formula is C16H14ClNO5. The molecule has 0 heterocycles. The largest absolute Gasteiger partial charge is 0.490 e. The molecule has 0 aliphatic rings. The number of hydrogen-bond donors (Lipinski definition) is 0. The van der Waals surface area contributed by atoms with Crippen molar-refractivity contribution in [3.05, 3.63) is 63.2 Å². The number of esters is 1. The molecule has 0 N–H and O–H groups in total. The normalized spacial score (nSPS) is 10.2. The van der Waals surface area contributed by atoms with E-state index in [0.29, 0.717) is 12.4 Å². The number of rotatable bonds is 6. The molecule has 0 aliphatic heterocycles. The molecule has 0 atom stereocenters. The zero-order valence-corrected chi connectivity index (χ0v) is 13.1. The molecular weight excluding hydrogens is 322 g/mol. The van der Waals surface area contributed by atoms with Crippen LogP contribution in [0.3, 0.4) is 0 Å². The summed E-state index contributed by atoms with van der Waals surface area (Å²) in [6.45, 7) is 2.46. The van der Waals surface area contributed by atoms with Crippen LogP contribution in [0.4, 0.5) is 5.69 Å². The Hall–Kier alpha value is -2.60. The number of benzene rings is 2. The second-order valence-electron chi connectivity index (χ2n) is 4.61. The molecule has 2 rings (SSSR count). The van der Waals surface area contributed by atoms with E-state index in [9.17, 15) is 14.9 Å². The predicted octanol–water partition coefficient (Wildman–Crippen LogP) is 4.26. The molecule has 0 amide bonds. The third-order valence-corrected chi connectivity index (χ3v) is 3.21. The van der Waals surface area contributed by atoms with Gasteiger partial charge in [0.15, 0.2) is 11.5 Å². The summed E-state index contributed by atoms with van der Waals surface area (Å²) in [4.78, 5) is 22.3. The van der Waals surface area contributed by atoms with Gasteiger partial charge in [-0.2, -0.15) is 0 Å². The van der Waals surface area contributed by atoms with Gasteiger partial charge in [-0.05, 0) is 24.6 Å². The standard InChI is InChI=1S/C16H14ClNO5/c1-2-9-22-14-5-3-4-6-15(14)23-16(19)12-8-7-11(18(20)21)10-13(12)17/h3-8,10H,2,9H2,1H3. The summed E-state index contributed by atoms with van der Waals surface area (Å²) >= 11 is 5.92. The zero-order chi connectivity index (χ0) is 16.8. The third kappa shape index (κ3) is 4.20. The van der Waals surface area contributed by atoms with Crippen LogP contribution in [0.25, 0.3) is 0 Å². The average Bonchev–Trinajstić information content (AvgIpc) is 2.53. The molecule has 0 saturated heterocycles. The number of nitrogens with zero attached hydrogens (tertiary/aromatic N) is 1. The van der Waals surface area contributed by atoms with Gasteiger partial charge in [0.25, 0.3) is 5.69 Å². The Kier molecular flexibility index (Phi) is 5.54. The first kappa shape index (κ1) is 16.8. The molecule has 0 aromatic heterocycles. The van der Waals surface area contributed by atoms with E-state index in [4.69, 9.17) is 21.1 Å². The molecule has 2 aromatic rings. The Balaban J connectivity index is 2.21. The van der Waals surface area contributed by atoms with Gasteiger partial charge in [0, 0.05) is 12.1 Å². The summed E-state index contributed by atoms with van der Waals surface area (Å²) in [5.41, 5.74) is -0.152. The molecule has 120 valence electrons. The molecule has 0 unspecified atom stereocenters. The minimum atomic E-state index is -0.711. The fourth-order valence-electron chi connectivity index (χ4n) is 1.80. The highest BCUT2D eigenvalue weighted by molar-refractivity contribution is 6.33. The lowest BCUT2D eigenvalue weighted by Gasteiger charge is -2.11. The van der Waals surface area contributed by atoms with E-state index < -0.39 is 10.9 Å². The number of non-ortho nitro benzene ring substituents is 1. The Morgan fingerprint density at radius 1 is 1.22 bits per heavy atom. The number of nitro groups is 1. The number of hydrogen-bond acceptors (Lipinski definition) is 5. The Morgan fingerprint density at radius 2 is 1.91 bits per heavy atom. The van der Waals surface area contributed by atoms with Crippen molar-refractivity contribution in [2.75, 3.05) is 6.61 Å². The van der Waals surface area contributed by atoms with Crippen molar-refractivity contribution < 1.29 is 19.2 Å². The number of halogens is 1. The molecule has 0 aliphatic carbocycles. The van der Waals surface area contributed by atoms with Crippen LogP contribution >= 0.6 is 11.6 Å². The maximum absolute atomic E-state index is 12.2. The third-order valence-electron chi connectivity index (χ3n) is 2.90. The second kappa shape index (κ2) is 7.60. The van der Waals surface area contributed by atoms with E-state index in [2.05, 4.69) is 0 Å². The monoisotopic (exact) mass is 335 g/mol. The van der Waals surface area contributed by atoms with Gasteiger partial charge in [0.1, 0.15) is 0 Å². The lowest BCUT2D eigenvalue weighted by atomic mass is 10.2. The number of para-hydroxylation sites is 2. The molecule has 0 fully saturated rings. The quantitative estimate of drug-likeness (QED) is 0.341. The van der Waals surface area contributed by atoms with Gasteiger partial charge < -0.3 is 9.47 Å². The number of nitro benzene ring substituents is 1. The Bertz CT molecular complexity index is 732. The minimum absolute atomic E-state index is 0.0440. The topological polar surface area (TPSA) is 78.7 Å². The molecule has 0 spiro atoms. The van der Waals surface area contributed by atoms with Crippen molar-refractivity contribution in [1.29, 1.82) is 0 Å². The van der Waals surface area contributed by atoms with Crippen molar-refractivity contribution >= 4 is 23.3 Å². The molecule has 23 heavy (non-hydrogen) atoms. The van der Waals surface area contributed by atoms with E-state index in [1.165, 1.54) is 12.1 Å². The minimum Gasteiger partial charge on any atom is -0.490 e. The fourth-order valence-corrected chi connectivity index (χ4v) is 2.06. The van der Waals surface area contributed by atoms with Gasteiger partial charge in [-0.1, -0.05) is 30.7 Å². The predicted molar refractivity (Wildman–Crippen MR) is 85.3 cm³/mol. The molecule has 6 nitrogen and oxygen atoms in total. The Labute approximate surface area is 137 Å². The van der Waals surface area contributed by atoms with Gasteiger partial charge in [-0.3, -0.25) is 10.1 Å². The average molecular weight is 336 g/mol. The Morgan fingerprint density at radius 3 is 2.52 bits per heavy atom. The van der Waals surface area contributed by atoms with E-state index >= 15 is 0 Å². The van der Waals surface area contributed by atoms with Crippen LogP contribution in [0.5, 0.6) is 11.5 Å². The van der Waals surface area contributed by atoms with Crippen molar-refractivity contribution in [2.24, 2.45) is 0 Å². The maximum atomic E-state index is 12.2. The van der Waals surface area contributed by atoms with Crippen molar-refractivity contribution in [1.82, 2.24) is 0 Å². The molecule has 0 bridgehead atoms. The van der Waals surface area contributed by atoms with Crippen LogP contribution in [-0.4, -0.2) is 17.5 Å². The van der Waals surface area contributed by atoms with Crippen molar-refractivity contribution in [3.63, 3.8) is 0 Å². The van der Waals surface area contributed by atoms with Crippen LogP contribution in [0.1, 0.15) is 23.7 Å². The summed E-state index contributed by atoms with van der Waals surface area (Å²) in [5, 5.41) is 10.6. The summed E-state index contributed by atoms with van der Waals surface area (Å²) in [6.07, 6.45) is 0.816. The maximum Gasteiger partial charge on any atom is 0.345 e. The molecule has 2 aromatic carbocycles. The summed E-state index contributed by atoms with van der Waals surface area (Å²) in [6, 6.07) is 10.3. The number of ether oxygens (including phenoxy) is 2. The van der Waals surface area contributed by atoms with E-state index in [1.54, 1.807) is 24.3 Å². The van der Waals surface area contributed by atoms with Crippen LogP contribution in [0, 0.1) is 10.1 Å². The first-order valence-corrected chi connectivity index (χ1v) is 7.28. The smallest absolute Gasteiger partial charge is 0.345 e. The number of carbonyl (C=O) groups excluding carboxylic acids is 1. The van der Waals surface area contributed by atoms with Crippen molar-refractivity contribution in [2.45, 2.75) is 13.3 Å². The highest BCUT2D eigenvalue weighted by Crippen LogP contribution is 2.29. The lowest BCUT2D eigenvalue weighted by molar-refractivity contribution is -0.384. The van der Waals surface area contributed by atoms with Crippen molar-refractivity contribution in [3.8, 4) is 11.5 Å². The SMILES string of the molecule is CCCOc1ccccc1OC(=O)c1ccc([N+](=O)[O-])cc1Cl. The molecule has 0 saturated carbocycles. The summed E-state index contributed by atoms with van der Waals surface area (Å²) in [7, 11) is 0. The highest BCUT2D eigenvalue weighted by atomic mass is 35.5. The number of carbonyl (C=O) groups is 1. The van der Waals surface area contributed by atoms with E-state index in [1.807, 2.05) is 6.92 Å². The first-order valence-electron chi connectivity index (χ1n) is 6.91. The van der Waals surface area contributed by atoms with Crippen LogP contribution in [0.2, 0.25) is 5.02 Å². The van der Waals surface area contributed by atoms with Gasteiger partial charge >= 0.3 is 5.97 Å². The van der Waals surface area contributed by atoms with Gasteiger partial charge in [0.2, 0.25) is 0 Å². The van der Waals surface area contributed by atoms with E-state index in [0.717, 1.165) is 12.5 Å². The summed E-state index contributed by atoms with van der Waals surface area (Å²) < 4.78 is 10.8. The van der Waals surface area contributed by atoms with Crippen LogP contribution in [-0.2, 0) is 0 Å². The second-order valence-corrected chi connectivity index (χ2v) is 5.01. The van der Waals surface area contributed by atoms with E-state index in [-0.39, 0.29) is 22.0 Å².